The number of likely N-dealkylation sites (tertiary alicyclic amines) is 1. The van der Waals surface area contributed by atoms with Crippen molar-refractivity contribution in [3.05, 3.63) is 47.5 Å². The number of carbonyl (C=O) groups is 1. The number of imidazole rings is 1. The summed E-state index contributed by atoms with van der Waals surface area (Å²) in [6, 6.07) is 7.93. The van der Waals surface area contributed by atoms with Crippen LogP contribution in [0.2, 0.25) is 0 Å². The van der Waals surface area contributed by atoms with Gasteiger partial charge < -0.3 is 9.47 Å². The second-order valence-electron chi connectivity index (χ2n) is 6.28. The van der Waals surface area contributed by atoms with Crippen LogP contribution in [-0.2, 0) is 7.05 Å². The van der Waals surface area contributed by atoms with Crippen molar-refractivity contribution in [3.63, 3.8) is 0 Å². The largest absolute Gasteiger partial charge is 0.334 e. The first-order valence-corrected chi connectivity index (χ1v) is 8.00. The van der Waals surface area contributed by atoms with Crippen molar-refractivity contribution in [3.8, 4) is 0 Å². The predicted molar refractivity (Wildman–Crippen MR) is 87.6 cm³/mol. The van der Waals surface area contributed by atoms with Gasteiger partial charge in [0.15, 0.2) is 0 Å². The van der Waals surface area contributed by atoms with Crippen LogP contribution in [0, 0.1) is 6.92 Å². The smallest absolute Gasteiger partial charge is 0.282 e. The Morgan fingerprint density at radius 3 is 2.72 bits per heavy atom. The van der Waals surface area contributed by atoms with Gasteiger partial charge >= 0.3 is 0 Å². The lowest BCUT2D eigenvalue weighted by atomic mass is 10.1. The molecule has 0 saturated carbocycles. The highest BCUT2D eigenvalue weighted by atomic mass is 19.3. The Morgan fingerprint density at radius 2 is 2.00 bits per heavy atom. The first-order chi connectivity index (χ1) is 12.0. The maximum absolute atomic E-state index is 13.1. The predicted octanol–water partition coefficient (Wildman–Crippen LogP) is 2.71. The number of aryl methyl sites for hydroxylation is 2. The summed E-state index contributed by atoms with van der Waals surface area (Å²) in [5.41, 5.74) is 1.45. The zero-order valence-corrected chi connectivity index (χ0v) is 13.9. The topological polar surface area (TPSA) is 56.0 Å². The average Bonchev–Trinajstić information content (AvgIpc) is 3.07. The molecular weight excluding hydrogens is 328 g/mol. The third-order valence-corrected chi connectivity index (χ3v) is 4.58. The first kappa shape index (κ1) is 15.7. The first-order valence-electron chi connectivity index (χ1n) is 8.00. The number of para-hydroxylation sites is 2. The molecule has 0 radical (unpaired) electrons. The highest BCUT2D eigenvalue weighted by molar-refractivity contribution is 5.95. The summed E-state index contributed by atoms with van der Waals surface area (Å²) in [5.74, 6) is 0.481. The molecule has 1 aromatic carbocycles. The summed E-state index contributed by atoms with van der Waals surface area (Å²) in [5, 5.41) is 3.70. The van der Waals surface area contributed by atoms with Gasteiger partial charge in [-0.15, -0.1) is 0 Å². The fourth-order valence-electron chi connectivity index (χ4n) is 3.41. The normalized spacial score (nSPS) is 15.2. The quantitative estimate of drug-likeness (QED) is 0.733. The van der Waals surface area contributed by atoms with Crippen LogP contribution in [-0.4, -0.2) is 43.2 Å². The lowest BCUT2D eigenvalue weighted by Crippen LogP contribution is -2.51. The van der Waals surface area contributed by atoms with E-state index >= 15 is 0 Å². The summed E-state index contributed by atoms with van der Waals surface area (Å²) in [6.07, 6.45) is -1.41. The Morgan fingerprint density at radius 1 is 1.28 bits per heavy atom. The average molecular weight is 345 g/mol. The maximum Gasteiger partial charge on any atom is 0.282 e. The summed E-state index contributed by atoms with van der Waals surface area (Å²) in [4.78, 5) is 18.6. The molecule has 0 N–H and O–H groups in total. The fraction of sp³-hybridized carbons (Fsp3) is 0.353. The highest BCUT2D eigenvalue weighted by Gasteiger charge is 2.36. The van der Waals surface area contributed by atoms with Gasteiger partial charge in [0, 0.05) is 26.3 Å². The maximum atomic E-state index is 13.1. The van der Waals surface area contributed by atoms with Crippen molar-refractivity contribution >= 4 is 16.9 Å². The van der Waals surface area contributed by atoms with Crippen molar-refractivity contribution in [1.82, 2.24) is 24.2 Å². The van der Waals surface area contributed by atoms with E-state index in [-0.39, 0.29) is 11.6 Å². The zero-order valence-electron chi connectivity index (χ0n) is 13.9. The second kappa shape index (κ2) is 5.65. The second-order valence-corrected chi connectivity index (χ2v) is 6.28. The van der Waals surface area contributed by atoms with E-state index in [0.29, 0.717) is 13.1 Å². The number of nitrogens with zero attached hydrogens (tertiary/aromatic N) is 5. The molecule has 4 rings (SSSR count). The molecule has 6 nitrogen and oxygen atoms in total. The molecule has 0 unspecified atom stereocenters. The van der Waals surface area contributed by atoms with E-state index in [9.17, 15) is 13.6 Å². The van der Waals surface area contributed by atoms with Crippen molar-refractivity contribution in [2.75, 3.05) is 13.1 Å². The molecule has 1 aliphatic rings. The molecule has 0 spiro atoms. The molecule has 1 fully saturated rings. The Labute approximate surface area is 142 Å². The molecule has 1 amide bonds. The minimum atomic E-state index is -2.77. The molecule has 130 valence electrons. The van der Waals surface area contributed by atoms with Crippen LogP contribution < -0.4 is 0 Å². The molecular formula is C17H17F2N5O. The molecule has 2 aromatic heterocycles. The summed E-state index contributed by atoms with van der Waals surface area (Å²) >= 11 is 0. The van der Waals surface area contributed by atoms with E-state index in [1.165, 1.54) is 17.9 Å². The number of benzene rings is 1. The monoisotopic (exact) mass is 345 g/mol. The fourth-order valence-corrected chi connectivity index (χ4v) is 3.41. The highest BCUT2D eigenvalue weighted by Crippen LogP contribution is 2.30. The van der Waals surface area contributed by atoms with Gasteiger partial charge in [-0.25, -0.2) is 13.8 Å². The minimum absolute atomic E-state index is 0.0249. The van der Waals surface area contributed by atoms with Gasteiger partial charge in [0.2, 0.25) is 0 Å². The van der Waals surface area contributed by atoms with E-state index in [1.807, 2.05) is 31.2 Å². The molecule has 1 aliphatic heterocycles. The third-order valence-electron chi connectivity index (χ3n) is 4.58. The number of halogens is 2. The van der Waals surface area contributed by atoms with Crippen LogP contribution in [0.1, 0.15) is 34.3 Å². The van der Waals surface area contributed by atoms with Gasteiger partial charge in [0.05, 0.1) is 22.6 Å². The lowest BCUT2D eigenvalue weighted by molar-refractivity contribution is 0.0513. The number of alkyl halides is 2. The van der Waals surface area contributed by atoms with Gasteiger partial charge in [-0.05, 0) is 19.1 Å². The van der Waals surface area contributed by atoms with E-state index in [0.717, 1.165) is 16.9 Å². The number of carbonyl (C=O) groups excluding carboxylic acids is 1. The van der Waals surface area contributed by atoms with E-state index in [1.54, 1.807) is 4.90 Å². The lowest BCUT2D eigenvalue weighted by Gasteiger charge is -2.40. The van der Waals surface area contributed by atoms with Crippen molar-refractivity contribution in [2.45, 2.75) is 19.4 Å². The Hall–Kier alpha value is -2.77. The van der Waals surface area contributed by atoms with Gasteiger partial charge in [0.1, 0.15) is 11.5 Å². The third kappa shape index (κ3) is 2.48. The number of fused-ring (bicyclic) bond motifs is 1. The van der Waals surface area contributed by atoms with Crippen molar-refractivity contribution in [2.24, 2.45) is 7.05 Å². The minimum Gasteiger partial charge on any atom is -0.334 e. The molecule has 3 aromatic rings. The molecule has 0 atom stereocenters. The molecule has 1 saturated heterocycles. The molecule has 0 aliphatic carbocycles. The van der Waals surface area contributed by atoms with Gasteiger partial charge in [-0.3, -0.25) is 9.48 Å². The number of rotatable bonds is 3. The zero-order chi connectivity index (χ0) is 17.7. The van der Waals surface area contributed by atoms with E-state index < -0.39 is 18.0 Å². The number of aromatic nitrogens is 4. The van der Waals surface area contributed by atoms with Gasteiger partial charge in [-0.2, -0.15) is 5.10 Å². The van der Waals surface area contributed by atoms with Crippen LogP contribution in [0.15, 0.2) is 30.5 Å². The number of hydrogen-bond donors (Lipinski definition) is 0. The van der Waals surface area contributed by atoms with Crippen LogP contribution >= 0.6 is 0 Å². The van der Waals surface area contributed by atoms with Crippen molar-refractivity contribution in [1.29, 1.82) is 0 Å². The number of hydrogen-bond acceptors (Lipinski definition) is 3. The molecule has 8 heteroatoms. The van der Waals surface area contributed by atoms with Gasteiger partial charge in [0.25, 0.3) is 12.3 Å². The van der Waals surface area contributed by atoms with Crippen LogP contribution in [0.25, 0.3) is 11.0 Å². The summed E-state index contributed by atoms with van der Waals surface area (Å²) in [7, 11) is 1.53. The Kier molecular flexibility index (Phi) is 3.55. The van der Waals surface area contributed by atoms with Gasteiger partial charge in [-0.1, -0.05) is 12.1 Å². The Balaban J connectivity index is 1.56. The van der Waals surface area contributed by atoms with Crippen LogP contribution in [0.5, 0.6) is 0 Å². The summed E-state index contributed by atoms with van der Waals surface area (Å²) < 4.78 is 29.5. The van der Waals surface area contributed by atoms with Crippen LogP contribution in [0.3, 0.4) is 0 Å². The van der Waals surface area contributed by atoms with Crippen molar-refractivity contribution < 1.29 is 13.6 Å². The Bertz CT molecular complexity index is 955. The number of amides is 1. The summed E-state index contributed by atoms with van der Waals surface area (Å²) in [6.45, 7) is 2.87. The molecule has 3 heterocycles. The van der Waals surface area contributed by atoms with E-state index in [4.69, 9.17) is 0 Å². The SMILES string of the molecule is Cc1nc2ccccc2n1C1CN(C(=O)c2cn(C)nc2C(F)F)C1. The van der Waals surface area contributed by atoms with Crippen LogP contribution in [0.4, 0.5) is 8.78 Å². The molecule has 25 heavy (non-hydrogen) atoms. The standard InChI is InChI=1S/C17H17F2N5O/c1-10-20-13-5-3-4-6-14(13)24(10)11-7-23(8-11)17(25)12-9-22(2)21-15(12)16(18)19/h3-6,9,11,16H,7-8H2,1-2H3. The molecule has 0 bridgehead atoms. The van der Waals surface area contributed by atoms with E-state index in [2.05, 4.69) is 14.6 Å².